The molecule has 1 aromatic rings. The maximum absolute atomic E-state index is 8.83. The first-order chi connectivity index (χ1) is 9.62. The van der Waals surface area contributed by atoms with Crippen LogP contribution in [0, 0.1) is 17.2 Å². The van der Waals surface area contributed by atoms with Crippen molar-refractivity contribution in [3.63, 3.8) is 0 Å². The third kappa shape index (κ3) is 4.84. The van der Waals surface area contributed by atoms with E-state index in [4.69, 9.17) is 15.7 Å². The highest BCUT2D eigenvalue weighted by atomic mass is 16.5. The number of nitrogens with two attached hydrogens (primary N) is 1. The van der Waals surface area contributed by atoms with Gasteiger partial charge in [-0.15, -0.1) is 0 Å². The first-order valence-corrected chi connectivity index (χ1v) is 7.07. The van der Waals surface area contributed by atoms with E-state index >= 15 is 0 Å². The minimum atomic E-state index is 0.126. The summed E-state index contributed by atoms with van der Waals surface area (Å²) in [6, 6.07) is 10.3. The summed E-state index contributed by atoms with van der Waals surface area (Å²) in [5, 5.41) is 8.83. The molecular formula is C16H25N3O. The van der Waals surface area contributed by atoms with E-state index in [0.717, 1.165) is 24.4 Å². The summed E-state index contributed by atoms with van der Waals surface area (Å²) in [5.74, 6) is 1.37. The predicted octanol–water partition coefficient (Wildman–Crippen LogP) is 2.57. The molecule has 0 aliphatic carbocycles. The Kier molecular flexibility index (Phi) is 7.06. The number of hydrogen-bond acceptors (Lipinski definition) is 4. The van der Waals surface area contributed by atoms with Crippen molar-refractivity contribution in [2.24, 2.45) is 11.7 Å². The molecule has 20 heavy (non-hydrogen) atoms. The molecular weight excluding hydrogens is 250 g/mol. The minimum Gasteiger partial charge on any atom is -0.497 e. The van der Waals surface area contributed by atoms with Crippen molar-refractivity contribution in [1.29, 1.82) is 5.26 Å². The fraction of sp³-hybridized carbons (Fsp3) is 0.562. The van der Waals surface area contributed by atoms with Crippen LogP contribution in [0.4, 0.5) is 0 Å². The molecule has 0 aliphatic heterocycles. The van der Waals surface area contributed by atoms with E-state index in [2.05, 4.69) is 30.9 Å². The molecule has 1 unspecified atom stereocenters. The average molecular weight is 275 g/mol. The number of ether oxygens (including phenoxy) is 1. The van der Waals surface area contributed by atoms with Crippen LogP contribution in [0.2, 0.25) is 0 Å². The van der Waals surface area contributed by atoms with Crippen molar-refractivity contribution in [3.8, 4) is 11.8 Å². The second-order valence-corrected chi connectivity index (χ2v) is 5.33. The maximum atomic E-state index is 8.83. The second kappa shape index (κ2) is 8.57. The first-order valence-electron chi connectivity index (χ1n) is 7.07. The number of nitriles is 1. The van der Waals surface area contributed by atoms with E-state index < -0.39 is 0 Å². The van der Waals surface area contributed by atoms with Crippen LogP contribution < -0.4 is 10.5 Å². The van der Waals surface area contributed by atoms with Gasteiger partial charge in [0.15, 0.2) is 0 Å². The van der Waals surface area contributed by atoms with E-state index in [9.17, 15) is 0 Å². The van der Waals surface area contributed by atoms with Crippen LogP contribution in [-0.2, 0) is 0 Å². The molecule has 1 rings (SSSR count). The number of rotatable bonds is 8. The molecule has 0 amide bonds. The maximum Gasteiger partial charge on any atom is 0.119 e. The van der Waals surface area contributed by atoms with Gasteiger partial charge in [-0.3, -0.25) is 4.90 Å². The lowest BCUT2D eigenvalue weighted by Crippen LogP contribution is -2.37. The van der Waals surface area contributed by atoms with Gasteiger partial charge in [-0.1, -0.05) is 26.0 Å². The van der Waals surface area contributed by atoms with Gasteiger partial charge in [0.1, 0.15) is 5.75 Å². The zero-order chi connectivity index (χ0) is 15.0. The van der Waals surface area contributed by atoms with Crippen molar-refractivity contribution in [3.05, 3.63) is 29.8 Å². The monoisotopic (exact) mass is 275 g/mol. The number of methoxy groups -OCH3 is 1. The molecule has 0 radical (unpaired) electrons. The normalized spacial score (nSPS) is 12.4. The Morgan fingerprint density at radius 3 is 2.70 bits per heavy atom. The van der Waals surface area contributed by atoms with Gasteiger partial charge in [-0.05, 0) is 23.6 Å². The Bertz CT molecular complexity index is 440. The van der Waals surface area contributed by atoms with Crippen molar-refractivity contribution < 1.29 is 4.74 Å². The van der Waals surface area contributed by atoms with Crippen LogP contribution in [-0.4, -0.2) is 31.6 Å². The average Bonchev–Trinajstić information content (AvgIpc) is 2.45. The summed E-state index contributed by atoms with van der Waals surface area (Å²) in [6.45, 7) is 6.57. The molecule has 0 spiro atoms. The third-order valence-electron chi connectivity index (χ3n) is 3.25. The lowest BCUT2D eigenvalue weighted by molar-refractivity contribution is 0.183. The van der Waals surface area contributed by atoms with Gasteiger partial charge in [0.2, 0.25) is 0 Å². The Morgan fingerprint density at radius 2 is 2.15 bits per heavy atom. The van der Waals surface area contributed by atoms with Crippen LogP contribution in [0.1, 0.15) is 31.9 Å². The molecule has 0 fully saturated rings. The summed E-state index contributed by atoms with van der Waals surface area (Å²) < 4.78 is 5.28. The molecule has 1 aromatic carbocycles. The largest absolute Gasteiger partial charge is 0.497 e. The molecule has 0 aromatic heterocycles. The number of benzene rings is 1. The van der Waals surface area contributed by atoms with Gasteiger partial charge in [0, 0.05) is 32.1 Å². The standard InChI is InChI=1S/C16H25N3O/c1-13(2)12-19(9-5-8-17)16(11-18)14-6-4-7-15(10-14)20-3/h4,6-7,10,13,16H,5,9,11-12,18H2,1-3H3. The van der Waals surface area contributed by atoms with Crippen molar-refractivity contribution in [2.75, 3.05) is 26.7 Å². The smallest absolute Gasteiger partial charge is 0.119 e. The molecule has 0 aliphatic rings. The summed E-state index contributed by atoms with van der Waals surface area (Å²) in [5.41, 5.74) is 7.12. The second-order valence-electron chi connectivity index (χ2n) is 5.33. The first kappa shape index (κ1) is 16.5. The number of nitrogens with zero attached hydrogens (tertiary/aromatic N) is 2. The van der Waals surface area contributed by atoms with Gasteiger partial charge in [0.25, 0.3) is 0 Å². The molecule has 4 nitrogen and oxygen atoms in total. The lowest BCUT2D eigenvalue weighted by atomic mass is 10.0. The Hall–Kier alpha value is -1.57. The summed E-state index contributed by atoms with van der Waals surface area (Å²) in [4.78, 5) is 2.29. The topological polar surface area (TPSA) is 62.3 Å². The van der Waals surface area contributed by atoms with Crippen molar-refractivity contribution >= 4 is 0 Å². The van der Waals surface area contributed by atoms with Crippen LogP contribution >= 0.6 is 0 Å². The van der Waals surface area contributed by atoms with E-state index in [1.807, 2.05) is 18.2 Å². The van der Waals surface area contributed by atoms with Gasteiger partial charge in [-0.2, -0.15) is 5.26 Å². The van der Waals surface area contributed by atoms with Crippen molar-refractivity contribution in [2.45, 2.75) is 26.3 Å². The fourth-order valence-corrected chi connectivity index (χ4v) is 2.38. The third-order valence-corrected chi connectivity index (χ3v) is 3.25. The van der Waals surface area contributed by atoms with Gasteiger partial charge in [-0.25, -0.2) is 0 Å². The highest BCUT2D eigenvalue weighted by molar-refractivity contribution is 5.30. The van der Waals surface area contributed by atoms with Gasteiger partial charge < -0.3 is 10.5 Å². The van der Waals surface area contributed by atoms with Gasteiger partial charge in [0.05, 0.1) is 13.2 Å². The number of hydrogen-bond donors (Lipinski definition) is 1. The highest BCUT2D eigenvalue weighted by Crippen LogP contribution is 2.24. The quantitative estimate of drug-likeness (QED) is 0.792. The molecule has 0 saturated carbocycles. The molecule has 0 heterocycles. The van der Waals surface area contributed by atoms with Crippen LogP contribution in [0.15, 0.2) is 24.3 Å². The zero-order valence-electron chi connectivity index (χ0n) is 12.7. The molecule has 1 atom stereocenters. The summed E-state index contributed by atoms with van der Waals surface area (Å²) in [7, 11) is 1.66. The molecule has 4 heteroatoms. The Labute approximate surface area is 122 Å². The summed E-state index contributed by atoms with van der Waals surface area (Å²) >= 11 is 0. The lowest BCUT2D eigenvalue weighted by Gasteiger charge is -2.32. The van der Waals surface area contributed by atoms with E-state index in [0.29, 0.717) is 18.9 Å². The van der Waals surface area contributed by atoms with E-state index in [1.165, 1.54) is 0 Å². The van der Waals surface area contributed by atoms with Crippen LogP contribution in [0.5, 0.6) is 5.75 Å². The fourth-order valence-electron chi connectivity index (χ4n) is 2.38. The van der Waals surface area contributed by atoms with Gasteiger partial charge >= 0.3 is 0 Å². The molecule has 2 N–H and O–H groups in total. The van der Waals surface area contributed by atoms with Crippen molar-refractivity contribution in [1.82, 2.24) is 4.90 Å². The summed E-state index contributed by atoms with van der Waals surface area (Å²) in [6.07, 6.45) is 0.521. The SMILES string of the molecule is COc1cccc(C(CN)N(CCC#N)CC(C)C)c1. The predicted molar refractivity (Wildman–Crippen MR) is 81.4 cm³/mol. The van der Waals surface area contributed by atoms with Crippen LogP contribution in [0.3, 0.4) is 0 Å². The molecule has 0 saturated heterocycles. The Morgan fingerprint density at radius 1 is 1.40 bits per heavy atom. The highest BCUT2D eigenvalue weighted by Gasteiger charge is 2.20. The Balaban J connectivity index is 2.95. The van der Waals surface area contributed by atoms with Crippen LogP contribution in [0.25, 0.3) is 0 Å². The van der Waals surface area contributed by atoms with E-state index in [1.54, 1.807) is 7.11 Å². The minimum absolute atomic E-state index is 0.126. The zero-order valence-corrected chi connectivity index (χ0v) is 12.7. The molecule has 0 bridgehead atoms. The molecule has 110 valence electrons. The van der Waals surface area contributed by atoms with E-state index in [-0.39, 0.29) is 6.04 Å².